The van der Waals surface area contributed by atoms with Crippen LogP contribution in [0, 0.1) is 12.3 Å². The van der Waals surface area contributed by atoms with Crippen LogP contribution in [-0.4, -0.2) is 9.37 Å². The maximum Gasteiger partial charge on any atom is 0.203 e. The van der Waals surface area contributed by atoms with Gasteiger partial charge in [-0.25, -0.2) is 10.1 Å². The second-order valence-corrected chi connectivity index (χ2v) is 1.72. The van der Waals surface area contributed by atoms with E-state index in [1.165, 1.54) is 0 Å². The molecule has 1 atom stereocenters. The van der Waals surface area contributed by atoms with E-state index in [0.717, 1.165) is 0 Å². The Morgan fingerprint density at radius 2 is 2.50 bits per heavy atom. The molecule has 6 heavy (non-hydrogen) atoms. The van der Waals surface area contributed by atoms with E-state index in [9.17, 15) is 0 Å². The maximum atomic E-state index is 7.68. The molecular formula is C3H3IO2. The molecule has 0 aromatic heterocycles. The minimum atomic E-state index is -0.511. The van der Waals surface area contributed by atoms with Crippen molar-refractivity contribution in [2.75, 3.05) is 0 Å². The summed E-state index contributed by atoms with van der Waals surface area (Å²) in [7, 11) is 0. The summed E-state index contributed by atoms with van der Waals surface area (Å²) in [6, 6.07) is 0. The third-order valence-corrected chi connectivity index (χ3v) is 0.811. The zero-order valence-electron chi connectivity index (χ0n) is 2.89. The fourth-order valence-corrected chi connectivity index (χ4v) is 0.0304. The van der Waals surface area contributed by atoms with E-state index in [1.807, 2.05) is 0 Å². The Kier molecular flexibility index (Phi) is 3.52. The van der Waals surface area contributed by atoms with Crippen LogP contribution in [0.4, 0.5) is 0 Å². The minimum absolute atomic E-state index is 0.511. The molecule has 0 heterocycles. The molecule has 0 aromatic rings. The van der Waals surface area contributed by atoms with E-state index < -0.39 is 4.11 Å². The van der Waals surface area contributed by atoms with Crippen LogP contribution in [0.15, 0.2) is 0 Å². The Morgan fingerprint density at radius 1 is 2.00 bits per heavy atom. The fraction of sp³-hybridized carbons (Fsp3) is 0.333. The maximum absolute atomic E-state index is 7.68. The van der Waals surface area contributed by atoms with Crippen molar-refractivity contribution in [3.63, 3.8) is 0 Å². The molecule has 0 amide bonds. The Bertz CT molecular complexity index is 65.7. The first-order valence-electron chi connectivity index (χ1n) is 1.21. The van der Waals surface area contributed by atoms with Gasteiger partial charge in [0.2, 0.25) is 4.11 Å². The Balaban J connectivity index is 3.04. The monoisotopic (exact) mass is 198 g/mol. The lowest BCUT2D eigenvalue weighted by atomic mass is 10.8. The summed E-state index contributed by atoms with van der Waals surface area (Å²) in [5, 5.41) is 7.68. The van der Waals surface area contributed by atoms with Gasteiger partial charge in [0.15, 0.2) is 0 Å². The van der Waals surface area contributed by atoms with Crippen molar-refractivity contribution >= 4 is 22.6 Å². The highest BCUT2D eigenvalue weighted by Gasteiger charge is 1.89. The standard InChI is InChI=1S/C3H3IO2/c1-2-3(4)6-5/h1,3,5H. The largest absolute Gasteiger partial charge is 0.250 e. The SMILES string of the molecule is C#CC(I)OO. The summed E-state index contributed by atoms with van der Waals surface area (Å²) < 4.78 is -0.511. The molecule has 0 spiro atoms. The highest BCUT2D eigenvalue weighted by atomic mass is 127. The van der Waals surface area contributed by atoms with Crippen LogP contribution in [-0.2, 0) is 4.89 Å². The van der Waals surface area contributed by atoms with Gasteiger partial charge in [-0.05, 0) is 22.6 Å². The zero-order valence-corrected chi connectivity index (χ0v) is 5.05. The summed E-state index contributed by atoms with van der Waals surface area (Å²) in [6.07, 6.45) is 4.74. The van der Waals surface area contributed by atoms with Crippen molar-refractivity contribution in [3.8, 4) is 12.3 Å². The van der Waals surface area contributed by atoms with Gasteiger partial charge in [0.1, 0.15) is 0 Å². The molecular weight excluding hydrogens is 195 g/mol. The molecule has 0 bridgehead atoms. The topological polar surface area (TPSA) is 29.5 Å². The smallest absolute Gasteiger partial charge is 0.203 e. The summed E-state index contributed by atoms with van der Waals surface area (Å²) in [5.41, 5.74) is 0. The van der Waals surface area contributed by atoms with E-state index >= 15 is 0 Å². The average molecular weight is 198 g/mol. The summed E-state index contributed by atoms with van der Waals surface area (Å²) >= 11 is 1.76. The van der Waals surface area contributed by atoms with E-state index in [0.29, 0.717) is 0 Å². The molecule has 0 aliphatic rings. The van der Waals surface area contributed by atoms with Crippen LogP contribution in [0.25, 0.3) is 0 Å². The van der Waals surface area contributed by atoms with Gasteiger partial charge in [-0.1, -0.05) is 5.92 Å². The molecule has 1 unspecified atom stereocenters. The van der Waals surface area contributed by atoms with Crippen molar-refractivity contribution < 1.29 is 10.1 Å². The first-order chi connectivity index (χ1) is 2.81. The van der Waals surface area contributed by atoms with Crippen LogP contribution >= 0.6 is 22.6 Å². The molecule has 0 aromatic carbocycles. The fourth-order valence-electron chi connectivity index (χ4n) is 0.0304. The minimum Gasteiger partial charge on any atom is -0.250 e. The average Bonchev–Trinajstić information content (AvgIpc) is 1.65. The summed E-state index contributed by atoms with van der Waals surface area (Å²) in [6.45, 7) is 0. The Labute approximate surface area is 49.6 Å². The molecule has 2 nitrogen and oxygen atoms in total. The highest BCUT2D eigenvalue weighted by Crippen LogP contribution is 1.95. The third-order valence-electron chi connectivity index (χ3n) is 0.224. The van der Waals surface area contributed by atoms with E-state index in [1.54, 1.807) is 22.6 Å². The van der Waals surface area contributed by atoms with E-state index in [-0.39, 0.29) is 0 Å². The first kappa shape index (κ1) is 6.21. The molecule has 0 aliphatic heterocycles. The number of terminal acetylenes is 1. The predicted octanol–water partition coefficient (Wildman–Crippen LogP) is 0.870. The van der Waals surface area contributed by atoms with Crippen LogP contribution in [0.5, 0.6) is 0 Å². The lowest BCUT2D eigenvalue weighted by Gasteiger charge is -1.89. The summed E-state index contributed by atoms with van der Waals surface area (Å²) in [4.78, 5) is 3.65. The quantitative estimate of drug-likeness (QED) is 0.222. The van der Waals surface area contributed by atoms with Crippen LogP contribution in [0.1, 0.15) is 0 Å². The number of rotatable bonds is 1. The summed E-state index contributed by atoms with van der Waals surface area (Å²) in [5.74, 6) is 2.13. The van der Waals surface area contributed by atoms with Gasteiger partial charge in [-0.2, -0.15) is 0 Å². The van der Waals surface area contributed by atoms with Crippen molar-refractivity contribution in [2.24, 2.45) is 0 Å². The molecule has 0 radical (unpaired) electrons. The van der Waals surface area contributed by atoms with Gasteiger partial charge >= 0.3 is 0 Å². The normalized spacial score (nSPS) is 12.8. The van der Waals surface area contributed by atoms with Gasteiger partial charge in [-0.3, -0.25) is 0 Å². The zero-order chi connectivity index (χ0) is 4.99. The van der Waals surface area contributed by atoms with Crippen molar-refractivity contribution in [1.82, 2.24) is 0 Å². The molecule has 0 fully saturated rings. The van der Waals surface area contributed by atoms with E-state index in [2.05, 4.69) is 10.8 Å². The van der Waals surface area contributed by atoms with E-state index in [4.69, 9.17) is 11.7 Å². The first-order valence-corrected chi connectivity index (χ1v) is 2.46. The molecule has 0 saturated heterocycles. The lowest BCUT2D eigenvalue weighted by molar-refractivity contribution is -0.236. The molecule has 34 valence electrons. The van der Waals surface area contributed by atoms with Gasteiger partial charge in [0.05, 0.1) is 0 Å². The number of halogens is 1. The molecule has 0 saturated carbocycles. The van der Waals surface area contributed by atoms with Crippen LogP contribution in [0.2, 0.25) is 0 Å². The molecule has 3 heteroatoms. The molecule has 1 N–H and O–H groups in total. The second-order valence-electron chi connectivity index (χ2n) is 0.588. The van der Waals surface area contributed by atoms with Gasteiger partial charge in [0.25, 0.3) is 0 Å². The van der Waals surface area contributed by atoms with Crippen LogP contribution in [0.3, 0.4) is 0 Å². The molecule has 0 rings (SSSR count). The predicted molar refractivity (Wildman–Crippen MR) is 30.4 cm³/mol. The number of hydrogen-bond donors (Lipinski definition) is 1. The second kappa shape index (κ2) is 3.40. The van der Waals surface area contributed by atoms with Gasteiger partial charge in [0, 0.05) is 0 Å². The van der Waals surface area contributed by atoms with Crippen molar-refractivity contribution in [1.29, 1.82) is 0 Å². The number of alkyl halides is 1. The number of hydrogen-bond acceptors (Lipinski definition) is 2. The van der Waals surface area contributed by atoms with Crippen molar-refractivity contribution in [2.45, 2.75) is 4.11 Å². The van der Waals surface area contributed by atoms with Gasteiger partial charge in [-0.15, -0.1) is 6.42 Å². The highest BCUT2D eigenvalue weighted by molar-refractivity contribution is 14.1. The Morgan fingerprint density at radius 3 is 2.50 bits per heavy atom. The molecule has 0 aliphatic carbocycles. The lowest BCUT2D eigenvalue weighted by Crippen LogP contribution is -1.93. The van der Waals surface area contributed by atoms with Crippen molar-refractivity contribution in [3.05, 3.63) is 0 Å². The third kappa shape index (κ3) is 2.45. The Hall–Kier alpha value is 0.210. The van der Waals surface area contributed by atoms with Crippen LogP contribution < -0.4 is 0 Å². The van der Waals surface area contributed by atoms with Gasteiger partial charge < -0.3 is 0 Å².